The lowest BCUT2D eigenvalue weighted by atomic mass is 10.1. The van der Waals surface area contributed by atoms with E-state index in [0.717, 1.165) is 28.0 Å². The number of fused-ring (bicyclic) bond motifs is 1. The largest absolute Gasteiger partial charge is 0.497 e. The minimum absolute atomic E-state index is 0.0403. The lowest BCUT2D eigenvalue weighted by Crippen LogP contribution is -2.34. The van der Waals surface area contributed by atoms with Gasteiger partial charge in [-0.2, -0.15) is 0 Å². The highest BCUT2D eigenvalue weighted by Gasteiger charge is 2.21. The summed E-state index contributed by atoms with van der Waals surface area (Å²) < 4.78 is 24.7. The van der Waals surface area contributed by atoms with E-state index >= 15 is 0 Å². The summed E-state index contributed by atoms with van der Waals surface area (Å²) in [5.41, 5.74) is 1.70. The summed E-state index contributed by atoms with van der Waals surface area (Å²) in [7, 11) is 6.98. The lowest BCUT2D eigenvalue weighted by molar-refractivity contribution is 0.0676. The molecule has 0 bridgehead atoms. The summed E-state index contributed by atoms with van der Waals surface area (Å²) in [5, 5.41) is 0.932. The number of hydrogen-bond donors (Lipinski definition) is 0. The third-order valence-corrected chi connectivity index (χ3v) is 4.82. The van der Waals surface area contributed by atoms with Gasteiger partial charge in [0.25, 0.3) is 5.91 Å². The number of carbonyl (C=O) groups is 1. The predicted molar refractivity (Wildman–Crippen MR) is 116 cm³/mol. The Morgan fingerprint density at radius 2 is 1.87 bits per heavy atom. The Bertz CT molecular complexity index is 1040. The van der Waals surface area contributed by atoms with Crippen LogP contribution in [0.1, 0.15) is 15.9 Å². The van der Waals surface area contributed by atoms with Gasteiger partial charge in [-0.05, 0) is 30.3 Å². The van der Waals surface area contributed by atoms with Gasteiger partial charge in [-0.1, -0.05) is 12.1 Å². The molecule has 1 amide bonds. The second kappa shape index (κ2) is 9.54. The molecular weight excluding hydrogens is 385 g/mol. The number of aromatic nitrogens is 1. The number of anilines is 1. The highest BCUT2D eigenvalue weighted by molar-refractivity contribution is 5.94. The minimum Gasteiger partial charge on any atom is -0.497 e. The van der Waals surface area contributed by atoms with Gasteiger partial charge in [-0.3, -0.25) is 4.79 Å². The van der Waals surface area contributed by atoms with Crippen LogP contribution in [0, 0.1) is 5.82 Å². The molecule has 0 spiro atoms. The summed E-state index contributed by atoms with van der Waals surface area (Å²) in [4.78, 5) is 21.3. The van der Waals surface area contributed by atoms with Crippen molar-refractivity contribution in [2.45, 2.75) is 6.54 Å². The molecule has 6 nitrogen and oxygen atoms in total. The zero-order valence-electron chi connectivity index (χ0n) is 17.7. The van der Waals surface area contributed by atoms with Gasteiger partial charge in [0.05, 0.1) is 24.8 Å². The summed E-state index contributed by atoms with van der Waals surface area (Å²) in [6.07, 6.45) is 0. The molecule has 0 N–H and O–H groups in total. The van der Waals surface area contributed by atoms with E-state index in [0.29, 0.717) is 13.2 Å². The summed E-state index contributed by atoms with van der Waals surface area (Å²) in [6.45, 7) is 0.950. The van der Waals surface area contributed by atoms with Crippen molar-refractivity contribution in [3.8, 4) is 5.75 Å². The Kier molecular flexibility index (Phi) is 6.84. The van der Waals surface area contributed by atoms with Crippen molar-refractivity contribution in [1.29, 1.82) is 0 Å². The van der Waals surface area contributed by atoms with Crippen LogP contribution in [0.25, 0.3) is 10.9 Å². The smallest absolute Gasteiger partial charge is 0.257 e. The molecule has 3 aromatic rings. The molecule has 0 fully saturated rings. The van der Waals surface area contributed by atoms with Gasteiger partial charge in [0.15, 0.2) is 0 Å². The number of amides is 1. The number of methoxy groups -OCH3 is 2. The van der Waals surface area contributed by atoms with E-state index in [-0.39, 0.29) is 18.0 Å². The van der Waals surface area contributed by atoms with Crippen LogP contribution < -0.4 is 9.64 Å². The van der Waals surface area contributed by atoms with E-state index in [1.807, 2.05) is 43.3 Å². The molecule has 0 saturated carbocycles. The Labute approximate surface area is 175 Å². The molecular formula is C23H26FN3O3. The van der Waals surface area contributed by atoms with Crippen LogP contribution in [0.2, 0.25) is 0 Å². The molecule has 2 aromatic carbocycles. The molecule has 30 heavy (non-hydrogen) atoms. The Morgan fingerprint density at radius 1 is 1.10 bits per heavy atom. The fourth-order valence-corrected chi connectivity index (χ4v) is 3.28. The molecule has 1 heterocycles. The fourth-order valence-electron chi connectivity index (χ4n) is 3.28. The lowest BCUT2D eigenvalue weighted by Gasteiger charge is -2.25. The van der Waals surface area contributed by atoms with Crippen molar-refractivity contribution in [2.24, 2.45) is 0 Å². The molecule has 158 valence electrons. The molecule has 0 atom stereocenters. The molecule has 0 radical (unpaired) electrons. The van der Waals surface area contributed by atoms with Crippen LogP contribution in [0.3, 0.4) is 0 Å². The third-order valence-electron chi connectivity index (χ3n) is 4.82. The van der Waals surface area contributed by atoms with E-state index in [4.69, 9.17) is 14.5 Å². The second-order valence-electron chi connectivity index (χ2n) is 7.12. The van der Waals surface area contributed by atoms with Gasteiger partial charge in [0.1, 0.15) is 17.4 Å². The predicted octanol–water partition coefficient (Wildman–Crippen LogP) is 3.74. The number of carbonyl (C=O) groups excluding carboxylic acids is 1. The van der Waals surface area contributed by atoms with E-state index in [1.54, 1.807) is 31.3 Å². The van der Waals surface area contributed by atoms with Gasteiger partial charge in [0, 0.05) is 51.3 Å². The van der Waals surface area contributed by atoms with Crippen LogP contribution in [-0.2, 0) is 11.3 Å². The van der Waals surface area contributed by atoms with Gasteiger partial charge in [-0.25, -0.2) is 9.37 Å². The monoisotopic (exact) mass is 411 g/mol. The molecule has 0 saturated heterocycles. The number of rotatable bonds is 8. The van der Waals surface area contributed by atoms with Crippen molar-refractivity contribution in [2.75, 3.05) is 46.4 Å². The number of ether oxygens (including phenoxy) is 2. The molecule has 0 aliphatic carbocycles. The molecule has 7 heteroatoms. The van der Waals surface area contributed by atoms with E-state index < -0.39 is 5.82 Å². The summed E-state index contributed by atoms with van der Waals surface area (Å²) in [6, 6.07) is 13.7. The maximum Gasteiger partial charge on any atom is 0.257 e. The average Bonchev–Trinajstić information content (AvgIpc) is 2.75. The van der Waals surface area contributed by atoms with Crippen LogP contribution in [0.15, 0.2) is 48.5 Å². The fraction of sp³-hybridized carbons (Fsp3) is 0.304. The van der Waals surface area contributed by atoms with Crippen LogP contribution >= 0.6 is 0 Å². The number of pyridine rings is 1. The normalized spacial score (nSPS) is 10.8. The second-order valence-corrected chi connectivity index (χ2v) is 7.12. The van der Waals surface area contributed by atoms with E-state index in [9.17, 15) is 9.18 Å². The molecule has 0 unspecified atom stereocenters. The maximum absolute atomic E-state index is 14.2. The van der Waals surface area contributed by atoms with Crippen molar-refractivity contribution < 1.29 is 18.7 Å². The number of benzene rings is 2. The molecule has 0 aliphatic rings. The summed E-state index contributed by atoms with van der Waals surface area (Å²) in [5.74, 6) is 0.537. The SMILES string of the molecule is COCCN(Cc1cc2ccc(OC)cc2nc1N(C)C)C(=O)c1ccccc1F. The van der Waals surface area contributed by atoms with E-state index in [1.165, 1.54) is 12.1 Å². The third kappa shape index (κ3) is 4.68. The van der Waals surface area contributed by atoms with Crippen molar-refractivity contribution >= 4 is 22.6 Å². The first-order valence-corrected chi connectivity index (χ1v) is 9.62. The van der Waals surface area contributed by atoms with Gasteiger partial charge in [-0.15, -0.1) is 0 Å². The molecule has 3 rings (SSSR count). The maximum atomic E-state index is 14.2. The first-order valence-electron chi connectivity index (χ1n) is 9.62. The number of halogens is 1. The van der Waals surface area contributed by atoms with Crippen molar-refractivity contribution in [3.63, 3.8) is 0 Å². The topological polar surface area (TPSA) is 54.9 Å². The first-order chi connectivity index (χ1) is 14.4. The van der Waals surface area contributed by atoms with Crippen molar-refractivity contribution in [1.82, 2.24) is 9.88 Å². The molecule has 1 aromatic heterocycles. The Morgan fingerprint density at radius 3 is 2.53 bits per heavy atom. The van der Waals surface area contributed by atoms with Gasteiger partial charge >= 0.3 is 0 Å². The van der Waals surface area contributed by atoms with Crippen LogP contribution in [0.5, 0.6) is 5.75 Å². The molecule has 0 aliphatic heterocycles. The zero-order chi connectivity index (χ0) is 21.7. The van der Waals surface area contributed by atoms with Crippen molar-refractivity contribution in [3.05, 3.63) is 65.5 Å². The van der Waals surface area contributed by atoms with E-state index in [2.05, 4.69) is 0 Å². The highest BCUT2D eigenvalue weighted by atomic mass is 19.1. The Hall–Kier alpha value is -3.19. The van der Waals surface area contributed by atoms with Gasteiger partial charge < -0.3 is 19.3 Å². The first kappa shape index (κ1) is 21.5. The van der Waals surface area contributed by atoms with Gasteiger partial charge in [0.2, 0.25) is 0 Å². The minimum atomic E-state index is -0.540. The summed E-state index contributed by atoms with van der Waals surface area (Å²) >= 11 is 0. The van der Waals surface area contributed by atoms with Crippen LogP contribution in [0.4, 0.5) is 10.2 Å². The van der Waals surface area contributed by atoms with Crippen LogP contribution in [-0.4, -0.2) is 57.3 Å². The number of nitrogens with zero attached hydrogens (tertiary/aromatic N) is 3. The standard InChI is InChI=1S/C23H26FN3O3/c1-26(2)22-17(13-16-9-10-18(30-4)14-21(16)25-22)15-27(11-12-29-3)23(28)19-7-5-6-8-20(19)24/h5-10,13-14H,11-12,15H2,1-4H3. The quantitative estimate of drug-likeness (QED) is 0.565. The average molecular weight is 411 g/mol. The Balaban J connectivity index is 2.01. The highest BCUT2D eigenvalue weighted by Crippen LogP contribution is 2.27. The number of hydrogen-bond acceptors (Lipinski definition) is 5. The zero-order valence-corrected chi connectivity index (χ0v) is 17.7.